The van der Waals surface area contributed by atoms with E-state index in [0.29, 0.717) is 24.6 Å². The SMILES string of the molecule is O=C1COCCN1c1ccc(Nc2nccn3c(-c4ccc(OC(F)F)cc4)cnc23)cc1. The number of amides is 1. The van der Waals surface area contributed by atoms with Crippen molar-refractivity contribution in [2.75, 3.05) is 30.0 Å². The molecule has 0 spiro atoms. The second-order valence-corrected chi connectivity index (χ2v) is 7.29. The van der Waals surface area contributed by atoms with Crippen LogP contribution in [0, 0.1) is 0 Å². The Balaban J connectivity index is 1.37. The van der Waals surface area contributed by atoms with Gasteiger partial charge in [-0.2, -0.15) is 8.78 Å². The van der Waals surface area contributed by atoms with Crippen LogP contribution in [0.25, 0.3) is 16.9 Å². The Kier molecular flexibility index (Phi) is 5.57. The number of nitrogens with zero attached hydrogens (tertiary/aromatic N) is 4. The maximum atomic E-state index is 12.4. The van der Waals surface area contributed by atoms with Crippen LogP contribution in [0.4, 0.5) is 26.0 Å². The number of carbonyl (C=O) groups excluding carboxylic acids is 1. The first-order valence-corrected chi connectivity index (χ1v) is 10.2. The van der Waals surface area contributed by atoms with Crippen LogP contribution in [0.15, 0.2) is 67.1 Å². The van der Waals surface area contributed by atoms with Crippen LogP contribution in [0.1, 0.15) is 0 Å². The molecule has 0 unspecified atom stereocenters. The third kappa shape index (κ3) is 4.33. The molecule has 0 saturated carbocycles. The Hall–Kier alpha value is -4.05. The van der Waals surface area contributed by atoms with E-state index in [1.54, 1.807) is 35.6 Å². The second kappa shape index (κ2) is 8.83. The van der Waals surface area contributed by atoms with E-state index in [0.717, 1.165) is 22.6 Å². The zero-order chi connectivity index (χ0) is 22.8. The number of morpholine rings is 1. The molecule has 1 N–H and O–H groups in total. The number of ether oxygens (including phenoxy) is 2. The van der Waals surface area contributed by atoms with Crippen molar-refractivity contribution in [1.29, 1.82) is 0 Å². The third-order valence-electron chi connectivity index (χ3n) is 5.23. The van der Waals surface area contributed by atoms with Gasteiger partial charge in [0.2, 0.25) is 0 Å². The van der Waals surface area contributed by atoms with Crippen LogP contribution >= 0.6 is 0 Å². The number of aromatic nitrogens is 3. The van der Waals surface area contributed by atoms with E-state index >= 15 is 0 Å². The molecule has 1 fully saturated rings. The number of rotatable bonds is 6. The predicted octanol–water partition coefficient (Wildman–Crippen LogP) is 4.10. The largest absolute Gasteiger partial charge is 0.435 e. The van der Waals surface area contributed by atoms with E-state index in [4.69, 9.17) is 4.74 Å². The Labute approximate surface area is 187 Å². The van der Waals surface area contributed by atoms with Crippen LogP contribution in [0.5, 0.6) is 5.75 Å². The van der Waals surface area contributed by atoms with Crippen LogP contribution in [-0.4, -0.2) is 46.6 Å². The molecule has 168 valence electrons. The number of anilines is 3. The van der Waals surface area contributed by atoms with E-state index in [1.807, 2.05) is 28.7 Å². The first kappa shape index (κ1) is 20.8. The third-order valence-corrected chi connectivity index (χ3v) is 5.23. The maximum absolute atomic E-state index is 12.4. The summed E-state index contributed by atoms with van der Waals surface area (Å²) in [5.74, 6) is 0.581. The van der Waals surface area contributed by atoms with E-state index in [9.17, 15) is 13.6 Å². The number of nitrogens with one attached hydrogen (secondary N) is 1. The normalized spacial score (nSPS) is 14.2. The van der Waals surface area contributed by atoms with E-state index in [2.05, 4.69) is 20.0 Å². The van der Waals surface area contributed by atoms with E-state index in [1.165, 1.54) is 12.1 Å². The summed E-state index contributed by atoms with van der Waals surface area (Å²) in [6.45, 7) is -1.73. The predicted molar refractivity (Wildman–Crippen MR) is 118 cm³/mol. The number of alkyl halides is 2. The molecule has 1 aliphatic heterocycles. The zero-order valence-corrected chi connectivity index (χ0v) is 17.3. The first-order chi connectivity index (χ1) is 16.1. The molecule has 3 heterocycles. The van der Waals surface area contributed by atoms with Gasteiger partial charge in [-0.25, -0.2) is 9.97 Å². The average Bonchev–Trinajstić information content (AvgIpc) is 3.25. The van der Waals surface area contributed by atoms with Gasteiger partial charge < -0.3 is 19.7 Å². The number of halogens is 2. The van der Waals surface area contributed by atoms with E-state index < -0.39 is 6.61 Å². The molecule has 10 heteroatoms. The van der Waals surface area contributed by atoms with Gasteiger partial charge in [0.05, 0.1) is 18.5 Å². The van der Waals surface area contributed by atoms with Crippen molar-refractivity contribution in [2.45, 2.75) is 6.61 Å². The number of hydrogen-bond acceptors (Lipinski definition) is 6. The van der Waals surface area contributed by atoms with Crippen molar-refractivity contribution in [3.63, 3.8) is 0 Å². The lowest BCUT2D eigenvalue weighted by Gasteiger charge is -2.26. The summed E-state index contributed by atoms with van der Waals surface area (Å²) < 4.78 is 36.2. The molecule has 0 aliphatic carbocycles. The van der Waals surface area contributed by atoms with Gasteiger partial charge in [-0.1, -0.05) is 0 Å². The minimum absolute atomic E-state index is 0.0629. The number of hydrogen-bond donors (Lipinski definition) is 1. The summed E-state index contributed by atoms with van der Waals surface area (Å²) in [5, 5.41) is 3.26. The summed E-state index contributed by atoms with van der Waals surface area (Å²) >= 11 is 0. The molecule has 1 aliphatic rings. The lowest BCUT2D eigenvalue weighted by molar-refractivity contribution is -0.125. The van der Waals surface area contributed by atoms with Crippen molar-refractivity contribution in [3.8, 4) is 17.0 Å². The summed E-state index contributed by atoms with van der Waals surface area (Å²) in [4.78, 5) is 22.6. The topological polar surface area (TPSA) is 81.0 Å². The highest BCUT2D eigenvalue weighted by Crippen LogP contribution is 2.28. The minimum Gasteiger partial charge on any atom is -0.435 e. The second-order valence-electron chi connectivity index (χ2n) is 7.29. The molecule has 2 aromatic heterocycles. The highest BCUT2D eigenvalue weighted by Gasteiger charge is 2.20. The fourth-order valence-corrected chi connectivity index (χ4v) is 3.68. The fraction of sp³-hybridized carbons (Fsp3) is 0.174. The van der Waals surface area contributed by atoms with Gasteiger partial charge in [-0.15, -0.1) is 0 Å². The molecule has 4 aromatic rings. The average molecular weight is 451 g/mol. The standard InChI is InChI=1S/C23H19F2N5O3/c24-23(25)33-18-7-1-15(2-8-18)19-13-27-22-21(26-9-10-30(19)22)28-16-3-5-17(6-4-16)29-11-12-32-14-20(29)31/h1-10,13,23H,11-12,14H2,(H,26,28). The summed E-state index contributed by atoms with van der Waals surface area (Å²) in [6.07, 6.45) is 5.12. The van der Waals surface area contributed by atoms with Gasteiger partial charge in [0.15, 0.2) is 11.5 Å². The molecular formula is C23H19F2N5O3. The summed E-state index contributed by atoms with van der Waals surface area (Å²) in [6, 6.07) is 13.8. The number of benzene rings is 2. The van der Waals surface area contributed by atoms with Crippen LogP contribution in [-0.2, 0) is 9.53 Å². The number of imidazole rings is 1. The molecule has 33 heavy (non-hydrogen) atoms. The summed E-state index contributed by atoms with van der Waals surface area (Å²) in [5.41, 5.74) is 3.77. The lowest BCUT2D eigenvalue weighted by Crippen LogP contribution is -2.41. The van der Waals surface area contributed by atoms with Crippen molar-refractivity contribution in [3.05, 3.63) is 67.1 Å². The Morgan fingerprint density at radius 1 is 1.06 bits per heavy atom. The number of fused-ring (bicyclic) bond motifs is 1. The highest BCUT2D eigenvalue weighted by molar-refractivity contribution is 5.95. The smallest absolute Gasteiger partial charge is 0.387 e. The molecule has 1 amide bonds. The molecular weight excluding hydrogens is 432 g/mol. The van der Waals surface area contributed by atoms with Gasteiger partial charge in [0, 0.05) is 35.9 Å². The van der Waals surface area contributed by atoms with Crippen molar-refractivity contribution in [1.82, 2.24) is 14.4 Å². The van der Waals surface area contributed by atoms with Crippen molar-refractivity contribution in [2.24, 2.45) is 0 Å². The lowest BCUT2D eigenvalue weighted by atomic mass is 10.1. The quantitative estimate of drug-likeness (QED) is 0.475. The first-order valence-electron chi connectivity index (χ1n) is 10.2. The number of carbonyl (C=O) groups is 1. The summed E-state index contributed by atoms with van der Waals surface area (Å²) in [7, 11) is 0. The van der Waals surface area contributed by atoms with Crippen LogP contribution in [0.3, 0.4) is 0 Å². The van der Waals surface area contributed by atoms with Crippen molar-refractivity contribution >= 4 is 28.7 Å². The van der Waals surface area contributed by atoms with Crippen LogP contribution < -0.4 is 15.0 Å². The monoisotopic (exact) mass is 451 g/mol. The van der Waals surface area contributed by atoms with Crippen molar-refractivity contribution < 1.29 is 23.0 Å². The molecule has 0 atom stereocenters. The van der Waals surface area contributed by atoms with Gasteiger partial charge in [-0.05, 0) is 48.5 Å². The van der Waals surface area contributed by atoms with E-state index in [-0.39, 0.29) is 18.3 Å². The Bertz CT molecular complexity index is 1280. The molecule has 5 rings (SSSR count). The molecule has 1 saturated heterocycles. The highest BCUT2D eigenvalue weighted by atomic mass is 19.3. The Morgan fingerprint density at radius 3 is 2.58 bits per heavy atom. The minimum atomic E-state index is -2.87. The fourth-order valence-electron chi connectivity index (χ4n) is 3.68. The van der Waals surface area contributed by atoms with Gasteiger partial charge >= 0.3 is 6.61 Å². The van der Waals surface area contributed by atoms with Gasteiger partial charge in [0.25, 0.3) is 5.91 Å². The van der Waals surface area contributed by atoms with Crippen LogP contribution in [0.2, 0.25) is 0 Å². The van der Waals surface area contributed by atoms with Gasteiger partial charge in [-0.3, -0.25) is 9.20 Å². The zero-order valence-electron chi connectivity index (χ0n) is 17.3. The maximum Gasteiger partial charge on any atom is 0.387 e. The molecule has 0 bridgehead atoms. The Morgan fingerprint density at radius 2 is 1.85 bits per heavy atom. The van der Waals surface area contributed by atoms with Gasteiger partial charge in [0.1, 0.15) is 12.4 Å². The molecule has 0 radical (unpaired) electrons. The molecule has 8 nitrogen and oxygen atoms in total. The molecule has 2 aromatic carbocycles.